The van der Waals surface area contributed by atoms with Gasteiger partial charge in [-0.1, -0.05) is 19.1 Å². The summed E-state index contributed by atoms with van der Waals surface area (Å²) in [6, 6.07) is 5.95. The van der Waals surface area contributed by atoms with Gasteiger partial charge < -0.3 is 5.32 Å². The van der Waals surface area contributed by atoms with Crippen LogP contribution in [0.2, 0.25) is 0 Å². The Hall–Kier alpha value is -1.33. The summed E-state index contributed by atoms with van der Waals surface area (Å²) in [7, 11) is 0. The summed E-state index contributed by atoms with van der Waals surface area (Å²) in [6.45, 7) is 2.78. The van der Waals surface area contributed by atoms with Gasteiger partial charge in [0, 0.05) is 6.20 Å². The highest BCUT2D eigenvalue weighted by atomic mass is 79.9. The van der Waals surface area contributed by atoms with Crippen LogP contribution in [0.15, 0.2) is 41.1 Å². The molecule has 1 aromatic carbocycles. The number of halogens is 3. The van der Waals surface area contributed by atoms with E-state index in [0.29, 0.717) is 10.0 Å². The van der Waals surface area contributed by atoms with E-state index >= 15 is 0 Å². The van der Waals surface area contributed by atoms with Gasteiger partial charge in [-0.25, -0.2) is 8.78 Å². The molecule has 1 aromatic heterocycles. The molecule has 0 saturated carbocycles. The quantitative estimate of drug-likeness (QED) is 0.881. The fraction of sp³-hybridized carbons (Fsp3) is 0.267. The van der Waals surface area contributed by atoms with Gasteiger partial charge in [-0.15, -0.1) is 0 Å². The number of benzene rings is 1. The van der Waals surface area contributed by atoms with Crippen LogP contribution >= 0.6 is 15.9 Å². The normalized spacial score (nSPS) is 12.4. The van der Waals surface area contributed by atoms with E-state index in [9.17, 15) is 8.78 Å². The molecular formula is C15H15BrF2N2. The number of aromatic nitrogens is 1. The number of hydrogen-bond donors (Lipinski definition) is 1. The van der Waals surface area contributed by atoms with E-state index in [2.05, 4.69) is 26.2 Å². The summed E-state index contributed by atoms with van der Waals surface area (Å²) in [5, 5.41) is 3.29. The van der Waals surface area contributed by atoms with E-state index in [0.717, 1.165) is 24.7 Å². The third-order valence-corrected chi connectivity index (χ3v) is 3.79. The molecule has 2 aromatic rings. The molecule has 0 radical (unpaired) electrons. The number of hydrogen-bond acceptors (Lipinski definition) is 2. The molecule has 1 atom stereocenters. The van der Waals surface area contributed by atoms with E-state index in [4.69, 9.17) is 0 Å². The van der Waals surface area contributed by atoms with Gasteiger partial charge in [0.15, 0.2) is 0 Å². The Kier molecular flexibility index (Phi) is 5.20. The van der Waals surface area contributed by atoms with Gasteiger partial charge in [0.1, 0.15) is 11.6 Å². The lowest BCUT2D eigenvalue weighted by Gasteiger charge is -2.20. The van der Waals surface area contributed by atoms with Gasteiger partial charge in [0.05, 0.1) is 16.7 Å². The Balaban J connectivity index is 2.44. The van der Waals surface area contributed by atoms with Crippen LogP contribution in [0.3, 0.4) is 0 Å². The van der Waals surface area contributed by atoms with Gasteiger partial charge in [0.2, 0.25) is 0 Å². The number of rotatable bonds is 5. The molecule has 2 rings (SSSR count). The van der Waals surface area contributed by atoms with Crippen LogP contribution in [-0.2, 0) is 0 Å². The van der Waals surface area contributed by atoms with Gasteiger partial charge in [0.25, 0.3) is 0 Å². The molecule has 106 valence electrons. The zero-order valence-electron chi connectivity index (χ0n) is 11.0. The van der Waals surface area contributed by atoms with Crippen molar-refractivity contribution >= 4 is 15.9 Å². The molecule has 0 bridgehead atoms. The van der Waals surface area contributed by atoms with Crippen molar-refractivity contribution in [1.29, 1.82) is 0 Å². The molecule has 1 N–H and O–H groups in total. The summed E-state index contributed by atoms with van der Waals surface area (Å²) in [4.78, 5) is 3.87. The Morgan fingerprint density at radius 3 is 2.80 bits per heavy atom. The topological polar surface area (TPSA) is 24.9 Å². The summed E-state index contributed by atoms with van der Waals surface area (Å²) in [5.74, 6) is -0.742. The molecular weight excluding hydrogens is 326 g/mol. The van der Waals surface area contributed by atoms with Gasteiger partial charge >= 0.3 is 0 Å². The standard InChI is InChI=1S/C15H15BrF2N2/c1-2-6-20-15(10-7-11(17)9-19-8-10)12-4-3-5-13(18)14(12)16/h3-5,7-9,15,20H,2,6H2,1H3. The first-order valence-corrected chi connectivity index (χ1v) is 7.20. The number of nitrogens with one attached hydrogen (secondary N) is 1. The highest BCUT2D eigenvalue weighted by molar-refractivity contribution is 9.10. The Morgan fingerprint density at radius 1 is 1.30 bits per heavy atom. The smallest absolute Gasteiger partial charge is 0.141 e. The average molecular weight is 341 g/mol. The summed E-state index contributed by atoms with van der Waals surface area (Å²) in [6.07, 6.45) is 3.67. The Morgan fingerprint density at radius 2 is 2.10 bits per heavy atom. The molecule has 20 heavy (non-hydrogen) atoms. The van der Waals surface area contributed by atoms with E-state index < -0.39 is 5.82 Å². The zero-order chi connectivity index (χ0) is 14.5. The molecule has 2 nitrogen and oxygen atoms in total. The monoisotopic (exact) mass is 340 g/mol. The van der Waals surface area contributed by atoms with Crippen molar-refractivity contribution in [1.82, 2.24) is 10.3 Å². The van der Waals surface area contributed by atoms with Crippen molar-refractivity contribution < 1.29 is 8.78 Å². The Bertz CT molecular complexity index is 590. The predicted octanol–water partition coefficient (Wildman–Crippen LogP) is 4.21. The average Bonchev–Trinajstić information content (AvgIpc) is 2.44. The minimum Gasteiger partial charge on any atom is -0.306 e. The van der Waals surface area contributed by atoms with Crippen molar-refractivity contribution in [2.45, 2.75) is 19.4 Å². The van der Waals surface area contributed by atoms with E-state index in [1.54, 1.807) is 12.3 Å². The molecule has 0 saturated heterocycles. The number of pyridine rings is 1. The summed E-state index contributed by atoms with van der Waals surface area (Å²) in [5.41, 5.74) is 1.40. The molecule has 0 aliphatic carbocycles. The third-order valence-electron chi connectivity index (χ3n) is 2.95. The largest absolute Gasteiger partial charge is 0.306 e. The first-order valence-electron chi connectivity index (χ1n) is 6.41. The molecule has 1 unspecified atom stereocenters. The maximum Gasteiger partial charge on any atom is 0.141 e. The summed E-state index contributed by atoms with van der Waals surface area (Å²) < 4.78 is 27.4. The zero-order valence-corrected chi connectivity index (χ0v) is 12.6. The molecule has 0 aliphatic heterocycles. The maximum absolute atomic E-state index is 13.7. The number of nitrogens with zero attached hydrogens (tertiary/aromatic N) is 1. The molecule has 0 spiro atoms. The van der Waals surface area contributed by atoms with Gasteiger partial charge in [-0.05, 0) is 52.2 Å². The van der Waals surface area contributed by atoms with Crippen LogP contribution in [0.4, 0.5) is 8.78 Å². The highest BCUT2D eigenvalue weighted by Gasteiger charge is 2.18. The maximum atomic E-state index is 13.7. The fourth-order valence-corrected chi connectivity index (χ4v) is 2.52. The minimum absolute atomic E-state index is 0.303. The first kappa shape index (κ1) is 15.1. The SMILES string of the molecule is CCCNC(c1cncc(F)c1)c1cccc(F)c1Br. The molecule has 5 heteroatoms. The van der Waals surface area contributed by atoms with Crippen molar-refractivity contribution in [2.24, 2.45) is 0 Å². The molecule has 0 aliphatic rings. The third kappa shape index (κ3) is 3.41. The minimum atomic E-state index is -0.404. The fourth-order valence-electron chi connectivity index (χ4n) is 2.03. The van der Waals surface area contributed by atoms with Crippen LogP contribution in [0.5, 0.6) is 0 Å². The second-order valence-corrected chi connectivity index (χ2v) is 5.26. The van der Waals surface area contributed by atoms with Crippen molar-refractivity contribution in [3.05, 3.63) is 63.9 Å². The van der Waals surface area contributed by atoms with Crippen LogP contribution in [0.25, 0.3) is 0 Å². The van der Waals surface area contributed by atoms with Gasteiger partial charge in [-0.2, -0.15) is 0 Å². The van der Waals surface area contributed by atoms with Crippen LogP contribution < -0.4 is 5.32 Å². The highest BCUT2D eigenvalue weighted by Crippen LogP contribution is 2.30. The van der Waals surface area contributed by atoms with Crippen molar-refractivity contribution in [3.8, 4) is 0 Å². The lowest BCUT2D eigenvalue weighted by Crippen LogP contribution is -2.24. The lowest BCUT2D eigenvalue weighted by molar-refractivity contribution is 0.569. The van der Waals surface area contributed by atoms with Crippen LogP contribution in [0.1, 0.15) is 30.5 Å². The van der Waals surface area contributed by atoms with E-state index in [1.807, 2.05) is 13.0 Å². The molecule has 0 amide bonds. The molecule has 1 heterocycles. The van der Waals surface area contributed by atoms with Gasteiger partial charge in [-0.3, -0.25) is 4.98 Å². The van der Waals surface area contributed by atoms with Crippen molar-refractivity contribution in [3.63, 3.8) is 0 Å². The predicted molar refractivity (Wildman–Crippen MR) is 78.4 cm³/mol. The second-order valence-electron chi connectivity index (χ2n) is 4.47. The summed E-state index contributed by atoms with van der Waals surface area (Å²) >= 11 is 3.26. The van der Waals surface area contributed by atoms with Crippen molar-refractivity contribution in [2.75, 3.05) is 6.54 Å². The Labute approximate surface area is 125 Å². The second kappa shape index (κ2) is 6.90. The first-order chi connectivity index (χ1) is 9.63. The molecule has 0 fully saturated rings. The van der Waals surface area contributed by atoms with E-state index in [-0.39, 0.29) is 11.9 Å². The lowest BCUT2D eigenvalue weighted by atomic mass is 10.00. The van der Waals surface area contributed by atoms with Crippen LogP contribution in [-0.4, -0.2) is 11.5 Å². The van der Waals surface area contributed by atoms with Crippen LogP contribution in [0, 0.1) is 11.6 Å². The van der Waals surface area contributed by atoms with E-state index in [1.165, 1.54) is 12.1 Å².